The molecule has 0 aliphatic rings. The molecular formula is C18H31NO3S. The molecule has 0 radical (unpaired) electrons. The van der Waals surface area contributed by atoms with Gasteiger partial charge in [0.2, 0.25) is 10.0 Å². The Hall–Kier alpha value is -1.62. The van der Waals surface area contributed by atoms with Crippen molar-refractivity contribution in [3.05, 3.63) is 41.5 Å². The van der Waals surface area contributed by atoms with Crippen molar-refractivity contribution in [2.45, 2.75) is 53.9 Å². The van der Waals surface area contributed by atoms with Crippen LogP contribution >= 0.6 is 0 Å². The number of hydrogen-bond acceptors (Lipinski definition) is 3. The maximum atomic E-state index is 11.4. The Morgan fingerprint density at radius 1 is 1.04 bits per heavy atom. The van der Waals surface area contributed by atoms with Gasteiger partial charge in [0, 0.05) is 6.08 Å². The van der Waals surface area contributed by atoms with Crippen LogP contribution in [0.1, 0.15) is 59.6 Å². The van der Waals surface area contributed by atoms with Crippen molar-refractivity contribution in [2.24, 2.45) is 0 Å². The molecule has 4 nitrogen and oxygen atoms in total. The summed E-state index contributed by atoms with van der Waals surface area (Å²) in [6, 6.07) is 7.71. The molecule has 0 aliphatic heterocycles. The van der Waals surface area contributed by atoms with Gasteiger partial charge in [-0.2, -0.15) is 0 Å². The van der Waals surface area contributed by atoms with Crippen LogP contribution in [-0.2, 0) is 20.2 Å². The van der Waals surface area contributed by atoms with E-state index in [4.69, 9.17) is 0 Å². The highest BCUT2D eigenvalue weighted by Gasteiger charge is 2.16. The average Bonchev–Trinajstić information content (AvgIpc) is 2.47. The Morgan fingerprint density at radius 3 is 1.96 bits per heavy atom. The van der Waals surface area contributed by atoms with E-state index >= 15 is 0 Å². The van der Waals surface area contributed by atoms with E-state index in [1.807, 2.05) is 56.7 Å². The van der Waals surface area contributed by atoms with Crippen LogP contribution < -0.4 is 4.72 Å². The fraction of sp³-hybridized carbons (Fsp3) is 0.500. The molecule has 5 heteroatoms. The molecule has 0 saturated heterocycles. The lowest BCUT2D eigenvalue weighted by Gasteiger charge is -2.21. The minimum absolute atomic E-state index is 0.0474. The predicted molar refractivity (Wildman–Crippen MR) is 99.9 cm³/mol. The van der Waals surface area contributed by atoms with Crippen molar-refractivity contribution >= 4 is 22.0 Å². The number of carbonyl (C=O) groups excluding carboxylic acids is 1. The van der Waals surface area contributed by atoms with Crippen molar-refractivity contribution in [2.75, 3.05) is 6.26 Å². The SMILES string of the molecule is CC.CC.CC(C)(C)c1ccccc1/C=C/C(=O)NS(C)(=O)=O. The number of amides is 1. The first-order chi connectivity index (χ1) is 10.6. The summed E-state index contributed by atoms with van der Waals surface area (Å²) in [5, 5.41) is 0. The van der Waals surface area contributed by atoms with Gasteiger partial charge in [-0.05, 0) is 22.6 Å². The highest BCUT2D eigenvalue weighted by molar-refractivity contribution is 7.89. The third-order valence-electron chi connectivity index (χ3n) is 2.47. The highest BCUT2D eigenvalue weighted by Crippen LogP contribution is 2.26. The molecule has 0 aromatic heterocycles. The molecule has 1 amide bonds. The topological polar surface area (TPSA) is 63.2 Å². The number of carbonyl (C=O) groups is 1. The molecule has 132 valence electrons. The third-order valence-corrected chi connectivity index (χ3v) is 3.04. The standard InChI is InChI=1S/C14H19NO3S.2C2H6/c1-14(2,3)12-8-6-5-7-11(12)9-10-13(16)15-19(4,17)18;2*1-2/h5-10H,1-4H3,(H,15,16);2*1-2H3/b10-9+;;. The van der Waals surface area contributed by atoms with Crippen molar-refractivity contribution in [3.63, 3.8) is 0 Å². The first-order valence-corrected chi connectivity index (χ1v) is 9.78. The van der Waals surface area contributed by atoms with Crippen LogP contribution in [0.25, 0.3) is 6.08 Å². The van der Waals surface area contributed by atoms with Crippen molar-refractivity contribution in [3.8, 4) is 0 Å². The van der Waals surface area contributed by atoms with Crippen LogP contribution in [0.4, 0.5) is 0 Å². The summed E-state index contributed by atoms with van der Waals surface area (Å²) < 4.78 is 23.7. The molecule has 23 heavy (non-hydrogen) atoms. The van der Waals surface area contributed by atoms with Crippen LogP contribution in [0.5, 0.6) is 0 Å². The normalized spacial score (nSPS) is 11.0. The van der Waals surface area contributed by atoms with Gasteiger partial charge in [-0.1, -0.05) is 72.7 Å². The van der Waals surface area contributed by atoms with E-state index in [9.17, 15) is 13.2 Å². The summed E-state index contributed by atoms with van der Waals surface area (Å²) in [6.45, 7) is 14.2. The summed E-state index contributed by atoms with van der Waals surface area (Å²) in [5.41, 5.74) is 1.95. The monoisotopic (exact) mass is 341 g/mol. The quantitative estimate of drug-likeness (QED) is 0.841. The first-order valence-electron chi connectivity index (χ1n) is 7.89. The predicted octanol–water partition coefficient (Wildman–Crippen LogP) is 4.13. The van der Waals surface area contributed by atoms with Crippen LogP contribution in [0.3, 0.4) is 0 Å². The minimum atomic E-state index is -3.52. The van der Waals surface area contributed by atoms with E-state index in [0.717, 1.165) is 17.4 Å². The second kappa shape index (κ2) is 11.0. The minimum Gasteiger partial charge on any atom is -0.269 e. The van der Waals surface area contributed by atoms with Gasteiger partial charge in [-0.15, -0.1) is 0 Å². The molecule has 1 aromatic rings. The molecular weight excluding hydrogens is 310 g/mol. The number of hydrogen-bond donors (Lipinski definition) is 1. The van der Waals surface area contributed by atoms with Crippen molar-refractivity contribution in [1.29, 1.82) is 0 Å². The van der Waals surface area contributed by atoms with Crippen LogP contribution in [-0.4, -0.2) is 20.6 Å². The molecule has 0 fully saturated rings. The summed E-state index contributed by atoms with van der Waals surface area (Å²) in [4.78, 5) is 11.4. The Balaban J connectivity index is 0. The van der Waals surface area contributed by atoms with E-state index in [-0.39, 0.29) is 5.41 Å². The van der Waals surface area contributed by atoms with Crippen LogP contribution in [0, 0.1) is 0 Å². The fourth-order valence-corrected chi connectivity index (χ4v) is 2.14. The van der Waals surface area contributed by atoms with Gasteiger partial charge in [0.05, 0.1) is 6.26 Å². The second-order valence-electron chi connectivity index (χ2n) is 5.41. The Labute approximate surface area is 142 Å². The Morgan fingerprint density at radius 2 is 1.52 bits per heavy atom. The molecule has 1 N–H and O–H groups in total. The van der Waals surface area contributed by atoms with Crippen LogP contribution in [0.15, 0.2) is 30.3 Å². The largest absolute Gasteiger partial charge is 0.269 e. The zero-order valence-corrected chi connectivity index (χ0v) is 16.4. The first kappa shape index (κ1) is 23.6. The number of sulfonamides is 1. The average molecular weight is 342 g/mol. The van der Waals surface area contributed by atoms with Gasteiger partial charge in [-0.3, -0.25) is 4.79 Å². The molecule has 0 saturated carbocycles. The van der Waals surface area contributed by atoms with Gasteiger partial charge in [0.15, 0.2) is 0 Å². The summed E-state index contributed by atoms with van der Waals surface area (Å²) in [5.74, 6) is -0.647. The molecule has 0 spiro atoms. The molecule has 0 heterocycles. The lowest BCUT2D eigenvalue weighted by Crippen LogP contribution is -2.27. The van der Waals surface area contributed by atoms with Crippen LogP contribution in [0.2, 0.25) is 0 Å². The van der Waals surface area contributed by atoms with Gasteiger partial charge in [-0.25, -0.2) is 13.1 Å². The fourth-order valence-electron chi connectivity index (χ4n) is 1.71. The molecule has 1 rings (SSSR count). The highest BCUT2D eigenvalue weighted by atomic mass is 32.2. The van der Waals surface area contributed by atoms with E-state index in [2.05, 4.69) is 20.8 Å². The summed E-state index contributed by atoms with van der Waals surface area (Å²) >= 11 is 0. The van der Waals surface area contributed by atoms with Gasteiger partial charge in [0.25, 0.3) is 5.91 Å². The molecule has 0 aliphatic carbocycles. The molecule has 0 atom stereocenters. The zero-order valence-electron chi connectivity index (χ0n) is 15.6. The van der Waals surface area contributed by atoms with Gasteiger partial charge in [0.1, 0.15) is 0 Å². The third kappa shape index (κ3) is 10.7. The summed E-state index contributed by atoms with van der Waals surface area (Å²) in [7, 11) is -3.52. The molecule has 0 unspecified atom stereocenters. The number of benzene rings is 1. The lowest BCUT2D eigenvalue weighted by atomic mass is 9.84. The molecule has 0 bridgehead atoms. The second-order valence-corrected chi connectivity index (χ2v) is 7.16. The van der Waals surface area contributed by atoms with E-state index in [1.54, 1.807) is 6.08 Å². The number of nitrogens with one attached hydrogen (secondary N) is 1. The van der Waals surface area contributed by atoms with E-state index < -0.39 is 15.9 Å². The van der Waals surface area contributed by atoms with Gasteiger partial charge < -0.3 is 0 Å². The maximum Gasteiger partial charge on any atom is 0.257 e. The van der Waals surface area contributed by atoms with Crippen molar-refractivity contribution < 1.29 is 13.2 Å². The van der Waals surface area contributed by atoms with E-state index in [0.29, 0.717) is 0 Å². The zero-order chi connectivity index (χ0) is 18.7. The van der Waals surface area contributed by atoms with E-state index in [1.165, 1.54) is 6.08 Å². The summed E-state index contributed by atoms with van der Waals surface area (Å²) in [6.07, 6.45) is 3.80. The Bertz CT molecular complexity index is 597. The smallest absolute Gasteiger partial charge is 0.257 e. The Kier molecular flexibility index (Phi) is 11.3. The maximum absolute atomic E-state index is 11.4. The van der Waals surface area contributed by atoms with Gasteiger partial charge >= 0.3 is 0 Å². The molecule has 1 aromatic carbocycles. The lowest BCUT2D eigenvalue weighted by molar-refractivity contribution is -0.114. The van der Waals surface area contributed by atoms with Crippen molar-refractivity contribution in [1.82, 2.24) is 4.72 Å². The number of rotatable bonds is 3.